The molecule has 1 unspecified atom stereocenters. The van der Waals surface area contributed by atoms with Gasteiger partial charge in [0.15, 0.2) is 0 Å². The molecule has 0 bridgehead atoms. The third-order valence-electron chi connectivity index (χ3n) is 8.80. The molecule has 3 N–H and O–H groups in total. The van der Waals surface area contributed by atoms with Crippen molar-refractivity contribution in [3.05, 3.63) is 129 Å². The van der Waals surface area contributed by atoms with Gasteiger partial charge in [0.1, 0.15) is 11.5 Å². The van der Waals surface area contributed by atoms with Gasteiger partial charge in [-0.2, -0.15) is 8.42 Å². The number of aryl methyl sites for hydroxylation is 3. The SMILES string of the molecule is COc1cc(NC2=C(C)C[C@H](C)C=C2C)ccc1C(c1ccc(Nc2c(C)cc(C)cc2C)cc1OC)c1ccccc1S(=O)(=O)O. The van der Waals surface area contributed by atoms with Gasteiger partial charge >= 0.3 is 0 Å². The number of methoxy groups -OCH3 is 2. The van der Waals surface area contributed by atoms with Crippen molar-refractivity contribution < 1.29 is 22.4 Å². The Morgan fingerprint density at radius 1 is 0.766 bits per heavy atom. The molecule has 8 heteroatoms. The zero-order valence-electron chi connectivity index (χ0n) is 28.4. The van der Waals surface area contributed by atoms with Crippen LogP contribution in [0.2, 0.25) is 0 Å². The predicted molar refractivity (Wildman–Crippen MR) is 191 cm³/mol. The van der Waals surface area contributed by atoms with E-state index >= 15 is 0 Å². The molecule has 0 saturated heterocycles. The van der Waals surface area contributed by atoms with Crippen LogP contribution in [0.4, 0.5) is 17.1 Å². The van der Waals surface area contributed by atoms with E-state index in [9.17, 15) is 13.0 Å². The first-order chi connectivity index (χ1) is 22.3. The molecule has 0 fully saturated rings. The Hall–Kier alpha value is -4.53. The molecule has 4 aromatic rings. The summed E-state index contributed by atoms with van der Waals surface area (Å²) in [6, 6.07) is 22.4. The maximum Gasteiger partial charge on any atom is 0.294 e. The van der Waals surface area contributed by atoms with Crippen LogP contribution in [-0.2, 0) is 10.1 Å². The summed E-state index contributed by atoms with van der Waals surface area (Å²) >= 11 is 0. The lowest BCUT2D eigenvalue weighted by Gasteiger charge is -2.26. The zero-order chi connectivity index (χ0) is 34.0. The molecule has 47 heavy (non-hydrogen) atoms. The molecule has 1 aliphatic rings. The first-order valence-corrected chi connectivity index (χ1v) is 17.2. The normalized spacial score (nSPS) is 15.6. The number of ether oxygens (including phenoxy) is 2. The maximum atomic E-state index is 12.7. The van der Waals surface area contributed by atoms with E-state index in [1.165, 1.54) is 22.8 Å². The molecule has 0 heterocycles. The van der Waals surface area contributed by atoms with E-state index < -0.39 is 16.0 Å². The third kappa shape index (κ3) is 7.24. The number of hydrogen-bond donors (Lipinski definition) is 3. The summed E-state index contributed by atoms with van der Waals surface area (Å²) in [5.74, 6) is 0.934. The van der Waals surface area contributed by atoms with Crippen molar-refractivity contribution in [2.75, 3.05) is 24.9 Å². The second-order valence-electron chi connectivity index (χ2n) is 12.6. The highest BCUT2D eigenvalue weighted by atomic mass is 32.2. The Labute approximate surface area is 279 Å². The molecule has 0 spiro atoms. The minimum atomic E-state index is -4.56. The topological polar surface area (TPSA) is 96.9 Å². The Kier molecular flexibility index (Phi) is 9.84. The van der Waals surface area contributed by atoms with Crippen LogP contribution in [0.15, 0.2) is 101 Å². The van der Waals surface area contributed by atoms with Gasteiger partial charge in [0.2, 0.25) is 0 Å². The van der Waals surface area contributed by atoms with E-state index in [0.29, 0.717) is 34.1 Å². The molecule has 0 saturated carbocycles. The smallest absolute Gasteiger partial charge is 0.294 e. The first-order valence-electron chi connectivity index (χ1n) is 15.7. The van der Waals surface area contributed by atoms with Crippen LogP contribution in [-0.4, -0.2) is 27.2 Å². The van der Waals surface area contributed by atoms with Crippen LogP contribution in [0.1, 0.15) is 66.5 Å². The fraction of sp³-hybridized carbons (Fsp3) is 0.282. The molecule has 4 aromatic carbocycles. The van der Waals surface area contributed by atoms with Gasteiger partial charge in [-0.25, -0.2) is 0 Å². The Morgan fingerprint density at radius 2 is 1.32 bits per heavy atom. The summed E-state index contributed by atoms with van der Waals surface area (Å²) in [6.45, 7) is 12.7. The standard InChI is InChI=1S/C39H44N2O5S/c1-23-17-25(3)38(26(4)18-23)40-29-13-15-31(34(21-29)45-7)37(33-11-9-10-12-36(33)47(42,43)44)32-16-14-30(22-35(32)46-8)41-39-27(5)19-24(2)20-28(39)6/h9-19,21-22,24,37,40-41H,20H2,1-8H3,(H,42,43,44)/t24-,37?/m1/s1. The van der Waals surface area contributed by atoms with Gasteiger partial charge < -0.3 is 20.1 Å². The first kappa shape index (κ1) is 33.8. The summed E-state index contributed by atoms with van der Waals surface area (Å²) < 4.78 is 47.7. The summed E-state index contributed by atoms with van der Waals surface area (Å²) in [6.07, 6.45) is 3.26. The van der Waals surface area contributed by atoms with E-state index in [4.69, 9.17) is 9.47 Å². The van der Waals surface area contributed by atoms with E-state index in [1.54, 1.807) is 32.4 Å². The number of hydrogen-bond acceptors (Lipinski definition) is 6. The Balaban J connectivity index is 1.65. The van der Waals surface area contributed by atoms with Crippen molar-refractivity contribution in [3.8, 4) is 11.5 Å². The highest BCUT2D eigenvalue weighted by Gasteiger charge is 2.30. The van der Waals surface area contributed by atoms with E-state index in [-0.39, 0.29) is 4.90 Å². The fourth-order valence-electron chi connectivity index (χ4n) is 6.87. The zero-order valence-corrected chi connectivity index (χ0v) is 29.2. The van der Waals surface area contributed by atoms with Crippen LogP contribution in [0.5, 0.6) is 11.5 Å². The molecule has 0 radical (unpaired) electrons. The summed E-state index contributed by atoms with van der Waals surface area (Å²) in [4.78, 5) is -0.178. The molecule has 5 rings (SSSR count). The molecule has 7 nitrogen and oxygen atoms in total. The van der Waals surface area contributed by atoms with Gasteiger partial charge in [0.25, 0.3) is 10.1 Å². The number of nitrogens with one attached hydrogen (secondary N) is 2. The van der Waals surface area contributed by atoms with Crippen molar-refractivity contribution in [1.82, 2.24) is 0 Å². The van der Waals surface area contributed by atoms with Crippen molar-refractivity contribution in [3.63, 3.8) is 0 Å². The Morgan fingerprint density at radius 3 is 1.85 bits per heavy atom. The molecule has 2 atom stereocenters. The molecule has 0 aromatic heterocycles. The van der Waals surface area contributed by atoms with Gasteiger partial charge in [0.05, 0.1) is 19.1 Å². The van der Waals surface area contributed by atoms with E-state index in [0.717, 1.165) is 40.3 Å². The molecule has 1 aliphatic carbocycles. The minimum Gasteiger partial charge on any atom is -0.496 e. The molecule has 0 aliphatic heterocycles. The molecule has 246 valence electrons. The summed E-state index contributed by atoms with van der Waals surface area (Å²) in [7, 11) is -1.36. The van der Waals surface area contributed by atoms with Crippen LogP contribution in [0.3, 0.4) is 0 Å². The van der Waals surface area contributed by atoms with Crippen molar-refractivity contribution in [2.24, 2.45) is 5.92 Å². The van der Waals surface area contributed by atoms with Crippen LogP contribution < -0.4 is 20.1 Å². The lowest BCUT2D eigenvalue weighted by Crippen LogP contribution is -2.13. The van der Waals surface area contributed by atoms with Crippen LogP contribution in [0, 0.1) is 26.7 Å². The largest absolute Gasteiger partial charge is 0.496 e. The number of rotatable bonds is 10. The van der Waals surface area contributed by atoms with Gasteiger partial charge in [-0.15, -0.1) is 0 Å². The lowest BCUT2D eigenvalue weighted by molar-refractivity contribution is 0.402. The second-order valence-corrected chi connectivity index (χ2v) is 14.0. The number of anilines is 3. The predicted octanol–water partition coefficient (Wildman–Crippen LogP) is 9.47. The molecular weight excluding hydrogens is 609 g/mol. The molecule has 0 amide bonds. The van der Waals surface area contributed by atoms with E-state index in [2.05, 4.69) is 70.4 Å². The lowest BCUT2D eigenvalue weighted by atomic mass is 9.83. The van der Waals surface area contributed by atoms with Crippen LogP contribution in [0.25, 0.3) is 0 Å². The average molecular weight is 653 g/mol. The minimum absolute atomic E-state index is 0.178. The van der Waals surface area contributed by atoms with Crippen molar-refractivity contribution >= 4 is 27.2 Å². The van der Waals surface area contributed by atoms with Gasteiger partial charge in [-0.3, -0.25) is 4.55 Å². The van der Waals surface area contributed by atoms with Gasteiger partial charge in [-0.05, 0) is 93.0 Å². The van der Waals surface area contributed by atoms with Gasteiger partial charge in [-0.1, -0.05) is 61.0 Å². The summed E-state index contributed by atoms with van der Waals surface area (Å²) in [5, 5.41) is 7.13. The maximum absolute atomic E-state index is 12.7. The second kappa shape index (κ2) is 13.7. The van der Waals surface area contributed by atoms with Crippen molar-refractivity contribution in [1.29, 1.82) is 0 Å². The summed E-state index contributed by atoms with van der Waals surface area (Å²) in [5.41, 5.74) is 11.5. The number of benzene rings is 4. The fourth-order valence-corrected chi connectivity index (χ4v) is 7.61. The quantitative estimate of drug-likeness (QED) is 0.116. The number of allylic oxidation sites excluding steroid dienone is 3. The monoisotopic (exact) mass is 652 g/mol. The van der Waals surface area contributed by atoms with Crippen molar-refractivity contribution in [2.45, 2.75) is 58.8 Å². The third-order valence-corrected chi connectivity index (χ3v) is 9.72. The highest BCUT2D eigenvalue weighted by Crippen LogP contribution is 2.45. The van der Waals surface area contributed by atoms with E-state index in [1.807, 2.05) is 36.4 Å². The Bertz CT molecular complexity index is 1970. The average Bonchev–Trinajstić information content (AvgIpc) is 3.01. The van der Waals surface area contributed by atoms with Crippen LogP contribution >= 0.6 is 0 Å². The highest BCUT2D eigenvalue weighted by molar-refractivity contribution is 7.85. The molecular formula is C39H44N2O5S. The van der Waals surface area contributed by atoms with Gasteiger partial charge in [0, 0.05) is 51.9 Å².